The van der Waals surface area contributed by atoms with E-state index in [1.165, 1.54) is 0 Å². The topological polar surface area (TPSA) is 32.3 Å². The van der Waals surface area contributed by atoms with E-state index in [9.17, 15) is 4.79 Å². The van der Waals surface area contributed by atoms with E-state index in [0.29, 0.717) is 11.9 Å². The van der Waals surface area contributed by atoms with Crippen molar-refractivity contribution in [2.24, 2.45) is 5.92 Å². The first-order valence-electron chi connectivity index (χ1n) is 5.64. The summed E-state index contributed by atoms with van der Waals surface area (Å²) in [6.45, 7) is 6.16. The number of nitrogens with one attached hydrogen (secondary N) is 1. The Labute approximate surface area is 86.9 Å². The van der Waals surface area contributed by atoms with E-state index in [1.54, 1.807) is 0 Å². The van der Waals surface area contributed by atoms with Crippen LogP contribution in [0.4, 0.5) is 0 Å². The third-order valence-corrected chi connectivity index (χ3v) is 3.07. The number of hydrogen-bond acceptors (Lipinski definition) is 2. The Kier molecular flexibility index (Phi) is 4.39. The molecule has 2 atom stereocenters. The van der Waals surface area contributed by atoms with Crippen LogP contribution in [0.25, 0.3) is 0 Å². The van der Waals surface area contributed by atoms with E-state index in [4.69, 9.17) is 0 Å². The summed E-state index contributed by atoms with van der Waals surface area (Å²) in [5, 5.41) is 3.29. The molecule has 1 amide bonds. The summed E-state index contributed by atoms with van der Waals surface area (Å²) < 4.78 is 0. The maximum atomic E-state index is 11.9. The van der Waals surface area contributed by atoms with Gasteiger partial charge in [0.1, 0.15) is 0 Å². The van der Waals surface area contributed by atoms with Gasteiger partial charge in [0.2, 0.25) is 5.91 Å². The van der Waals surface area contributed by atoms with E-state index < -0.39 is 0 Å². The maximum Gasteiger partial charge on any atom is 0.225 e. The van der Waals surface area contributed by atoms with Crippen molar-refractivity contribution in [3.63, 3.8) is 0 Å². The van der Waals surface area contributed by atoms with E-state index in [2.05, 4.69) is 12.2 Å². The molecule has 0 saturated carbocycles. The predicted octanol–water partition coefficient (Wildman–Crippen LogP) is 1.24. The third-order valence-electron chi connectivity index (χ3n) is 3.07. The average Bonchev–Trinajstić information content (AvgIpc) is 2.68. The van der Waals surface area contributed by atoms with Crippen molar-refractivity contribution in [3.8, 4) is 0 Å². The van der Waals surface area contributed by atoms with Gasteiger partial charge in [0, 0.05) is 25.6 Å². The van der Waals surface area contributed by atoms with Crippen LogP contribution >= 0.6 is 0 Å². The van der Waals surface area contributed by atoms with Crippen LogP contribution in [0.5, 0.6) is 0 Å². The number of carbonyl (C=O) groups is 1. The number of likely N-dealkylation sites (N-methyl/N-ethyl adjacent to an activating group) is 1. The first-order chi connectivity index (χ1) is 6.66. The van der Waals surface area contributed by atoms with Crippen LogP contribution in [0.1, 0.15) is 33.1 Å². The minimum atomic E-state index is 0.186. The Morgan fingerprint density at radius 1 is 1.64 bits per heavy atom. The molecule has 0 aromatic carbocycles. The fraction of sp³-hybridized carbons (Fsp3) is 0.909. The first kappa shape index (κ1) is 11.5. The van der Waals surface area contributed by atoms with Crippen molar-refractivity contribution in [1.82, 2.24) is 10.2 Å². The fourth-order valence-corrected chi connectivity index (χ4v) is 2.05. The number of amides is 1. The van der Waals surface area contributed by atoms with Crippen molar-refractivity contribution < 1.29 is 4.79 Å². The lowest BCUT2D eigenvalue weighted by atomic mass is 10.0. The molecule has 1 aliphatic rings. The lowest BCUT2D eigenvalue weighted by Gasteiger charge is -2.26. The van der Waals surface area contributed by atoms with Crippen molar-refractivity contribution in [2.75, 3.05) is 20.1 Å². The number of hydrogen-bond donors (Lipinski definition) is 1. The van der Waals surface area contributed by atoms with Gasteiger partial charge in [0.05, 0.1) is 0 Å². The summed E-state index contributed by atoms with van der Waals surface area (Å²) in [5.74, 6) is 0.492. The fourth-order valence-electron chi connectivity index (χ4n) is 2.05. The molecule has 1 fully saturated rings. The molecule has 0 aliphatic carbocycles. The van der Waals surface area contributed by atoms with Crippen LogP contribution in [-0.4, -0.2) is 37.0 Å². The SMILES string of the molecule is CCCC(C)C(=O)N(C)C1CCNC1. The molecule has 1 N–H and O–H groups in total. The molecule has 3 nitrogen and oxygen atoms in total. The van der Waals surface area contributed by atoms with Gasteiger partial charge >= 0.3 is 0 Å². The van der Waals surface area contributed by atoms with E-state index in [1.807, 2.05) is 18.9 Å². The Hall–Kier alpha value is -0.570. The largest absolute Gasteiger partial charge is 0.341 e. The monoisotopic (exact) mass is 198 g/mol. The van der Waals surface area contributed by atoms with Gasteiger partial charge in [-0.2, -0.15) is 0 Å². The summed E-state index contributed by atoms with van der Waals surface area (Å²) in [5.41, 5.74) is 0. The van der Waals surface area contributed by atoms with Crippen molar-refractivity contribution >= 4 is 5.91 Å². The van der Waals surface area contributed by atoms with Crippen LogP contribution in [0.15, 0.2) is 0 Å². The smallest absolute Gasteiger partial charge is 0.225 e. The van der Waals surface area contributed by atoms with Crippen molar-refractivity contribution in [1.29, 1.82) is 0 Å². The molecule has 0 aromatic rings. The number of nitrogens with zero attached hydrogens (tertiary/aromatic N) is 1. The Morgan fingerprint density at radius 3 is 2.86 bits per heavy atom. The van der Waals surface area contributed by atoms with E-state index in [-0.39, 0.29) is 5.92 Å². The molecule has 1 saturated heterocycles. The summed E-state index contributed by atoms with van der Waals surface area (Å²) in [6, 6.07) is 0.418. The maximum absolute atomic E-state index is 11.9. The minimum absolute atomic E-state index is 0.186. The highest BCUT2D eigenvalue weighted by Crippen LogP contribution is 2.13. The van der Waals surface area contributed by atoms with Gasteiger partial charge in [-0.05, 0) is 19.4 Å². The molecule has 1 heterocycles. The molecular formula is C11H22N2O. The van der Waals surface area contributed by atoms with Gasteiger partial charge in [0.15, 0.2) is 0 Å². The molecular weight excluding hydrogens is 176 g/mol. The van der Waals surface area contributed by atoms with Gasteiger partial charge in [-0.3, -0.25) is 4.79 Å². The number of carbonyl (C=O) groups excluding carboxylic acids is 1. The molecule has 82 valence electrons. The highest BCUT2D eigenvalue weighted by molar-refractivity contribution is 5.78. The molecule has 3 heteroatoms. The molecule has 14 heavy (non-hydrogen) atoms. The highest BCUT2D eigenvalue weighted by atomic mass is 16.2. The van der Waals surface area contributed by atoms with Gasteiger partial charge in [-0.25, -0.2) is 0 Å². The van der Waals surface area contributed by atoms with Gasteiger partial charge in [-0.1, -0.05) is 20.3 Å². The lowest BCUT2D eigenvalue weighted by Crippen LogP contribution is -2.41. The number of rotatable bonds is 4. The van der Waals surface area contributed by atoms with Crippen LogP contribution in [-0.2, 0) is 4.79 Å². The molecule has 1 aliphatic heterocycles. The molecule has 0 bridgehead atoms. The Balaban J connectivity index is 2.42. The zero-order valence-corrected chi connectivity index (χ0v) is 9.55. The average molecular weight is 198 g/mol. The lowest BCUT2D eigenvalue weighted by molar-refractivity contribution is -0.135. The first-order valence-corrected chi connectivity index (χ1v) is 5.64. The summed E-state index contributed by atoms with van der Waals surface area (Å²) in [4.78, 5) is 13.8. The van der Waals surface area contributed by atoms with Crippen molar-refractivity contribution in [3.05, 3.63) is 0 Å². The second-order valence-electron chi connectivity index (χ2n) is 4.29. The van der Waals surface area contributed by atoms with Crippen LogP contribution < -0.4 is 5.32 Å². The van der Waals surface area contributed by atoms with Gasteiger partial charge in [-0.15, -0.1) is 0 Å². The quantitative estimate of drug-likeness (QED) is 0.737. The third kappa shape index (κ3) is 2.71. The van der Waals surface area contributed by atoms with Gasteiger partial charge < -0.3 is 10.2 Å². The zero-order chi connectivity index (χ0) is 10.6. The van der Waals surface area contributed by atoms with Crippen LogP contribution in [0.3, 0.4) is 0 Å². The predicted molar refractivity (Wildman–Crippen MR) is 58.1 cm³/mol. The van der Waals surface area contributed by atoms with E-state index >= 15 is 0 Å². The second kappa shape index (κ2) is 5.35. The molecule has 2 unspecified atom stereocenters. The summed E-state index contributed by atoms with van der Waals surface area (Å²) >= 11 is 0. The minimum Gasteiger partial charge on any atom is -0.341 e. The van der Waals surface area contributed by atoms with Crippen LogP contribution in [0, 0.1) is 5.92 Å². The van der Waals surface area contributed by atoms with Crippen molar-refractivity contribution in [2.45, 2.75) is 39.2 Å². The second-order valence-corrected chi connectivity index (χ2v) is 4.29. The normalized spacial score (nSPS) is 23.5. The molecule has 0 aromatic heterocycles. The standard InChI is InChI=1S/C11H22N2O/c1-4-5-9(2)11(14)13(3)10-6-7-12-8-10/h9-10,12H,4-8H2,1-3H3. The van der Waals surface area contributed by atoms with Gasteiger partial charge in [0.25, 0.3) is 0 Å². The Bertz CT molecular complexity index is 188. The molecule has 0 spiro atoms. The zero-order valence-electron chi connectivity index (χ0n) is 9.55. The molecule has 1 rings (SSSR count). The molecule has 0 radical (unpaired) electrons. The summed E-state index contributed by atoms with van der Waals surface area (Å²) in [6.07, 6.45) is 3.19. The summed E-state index contributed by atoms with van der Waals surface area (Å²) in [7, 11) is 1.94. The van der Waals surface area contributed by atoms with E-state index in [0.717, 1.165) is 32.4 Å². The van der Waals surface area contributed by atoms with Crippen LogP contribution in [0.2, 0.25) is 0 Å². The Morgan fingerprint density at radius 2 is 2.36 bits per heavy atom. The highest BCUT2D eigenvalue weighted by Gasteiger charge is 2.25.